The molecule has 1 fully saturated rings. The molecule has 0 aromatic carbocycles. The molecule has 27 heavy (non-hydrogen) atoms. The van der Waals surface area contributed by atoms with Gasteiger partial charge in [0.05, 0.1) is 36.0 Å². The topological polar surface area (TPSA) is 73.1 Å². The fraction of sp³-hybridized carbons (Fsp3) is 0.368. The molecule has 3 aromatic heterocycles. The van der Waals surface area contributed by atoms with E-state index in [1.807, 2.05) is 12.1 Å². The maximum Gasteiger partial charge on any atom is 0.266 e. The van der Waals surface area contributed by atoms with Crippen LogP contribution in [0.15, 0.2) is 41.5 Å². The first kappa shape index (κ1) is 16.6. The van der Waals surface area contributed by atoms with Crippen LogP contribution in [0.25, 0.3) is 11.3 Å². The summed E-state index contributed by atoms with van der Waals surface area (Å²) in [6.07, 6.45) is 4.37. The Morgan fingerprint density at radius 2 is 2.04 bits per heavy atom. The normalized spacial score (nSPS) is 16.8. The molecule has 8 heteroatoms. The van der Waals surface area contributed by atoms with Crippen molar-refractivity contribution in [2.24, 2.45) is 5.92 Å². The molecule has 0 bridgehead atoms. The summed E-state index contributed by atoms with van der Waals surface area (Å²) >= 11 is 1.73. The van der Waals surface area contributed by atoms with Gasteiger partial charge in [0, 0.05) is 49.5 Å². The van der Waals surface area contributed by atoms with Gasteiger partial charge >= 0.3 is 0 Å². The standard InChI is InChI=1S/C19H19N5O2S/c25-18-2-1-15(14-3-6-20-7-4-14)22-24(18)11-13-9-23(10-13)19-21-16-5-8-26-12-17(16)27-19/h1-4,6-7,13H,5,8-12H2. The summed E-state index contributed by atoms with van der Waals surface area (Å²) in [5, 5.41) is 5.62. The van der Waals surface area contributed by atoms with E-state index in [1.54, 1.807) is 40.5 Å². The number of aromatic nitrogens is 4. The van der Waals surface area contributed by atoms with Gasteiger partial charge in [-0.15, -0.1) is 0 Å². The third-order valence-electron chi connectivity index (χ3n) is 4.98. The summed E-state index contributed by atoms with van der Waals surface area (Å²) in [6.45, 7) is 3.89. The van der Waals surface area contributed by atoms with Crippen LogP contribution in [-0.4, -0.2) is 39.4 Å². The molecular weight excluding hydrogens is 362 g/mol. The molecule has 0 N–H and O–H groups in total. The van der Waals surface area contributed by atoms with E-state index >= 15 is 0 Å². The van der Waals surface area contributed by atoms with Gasteiger partial charge < -0.3 is 9.64 Å². The van der Waals surface area contributed by atoms with E-state index in [4.69, 9.17) is 9.72 Å². The summed E-state index contributed by atoms with van der Waals surface area (Å²) in [5.41, 5.74) is 2.88. The lowest BCUT2D eigenvalue weighted by Crippen LogP contribution is -2.49. The summed E-state index contributed by atoms with van der Waals surface area (Å²) in [4.78, 5) is 24.5. The van der Waals surface area contributed by atoms with Crippen molar-refractivity contribution in [2.45, 2.75) is 19.6 Å². The van der Waals surface area contributed by atoms with Crippen LogP contribution in [0, 0.1) is 5.92 Å². The zero-order chi connectivity index (χ0) is 18.2. The highest BCUT2D eigenvalue weighted by atomic mass is 32.1. The lowest BCUT2D eigenvalue weighted by atomic mass is 10.0. The second-order valence-corrected chi connectivity index (χ2v) is 7.98. The second-order valence-electron chi connectivity index (χ2n) is 6.91. The van der Waals surface area contributed by atoms with Crippen LogP contribution in [0.4, 0.5) is 5.13 Å². The molecule has 2 aliphatic rings. The minimum absolute atomic E-state index is 0.0619. The zero-order valence-electron chi connectivity index (χ0n) is 14.7. The fourth-order valence-electron chi connectivity index (χ4n) is 3.49. The smallest absolute Gasteiger partial charge is 0.266 e. The summed E-state index contributed by atoms with van der Waals surface area (Å²) in [5.74, 6) is 0.403. The summed E-state index contributed by atoms with van der Waals surface area (Å²) in [7, 11) is 0. The van der Waals surface area contributed by atoms with E-state index in [0.717, 1.165) is 42.5 Å². The number of ether oxygens (including phenoxy) is 1. The molecule has 2 aliphatic heterocycles. The number of fused-ring (bicyclic) bond motifs is 1. The highest BCUT2D eigenvalue weighted by molar-refractivity contribution is 7.15. The van der Waals surface area contributed by atoms with Gasteiger partial charge in [-0.3, -0.25) is 9.78 Å². The monoisotopic (exact) mass is 381 g/mol. The summed E-state index contributed by atoms with van der Waals surface area (Å²) in [6, 6.07) is 7.16. The number of thiazole rings is 1. The van der Waals surface area contributed by atoms with Crippen LogP contribution >= 0.6 is 11.3 Å². The largest absolute Gasteiger partial charge is 0.375 e. The quantitative estimate of drug-likeness (QED) is 0.688. The van der Waals surface area contributed by atoms with Crippen molar-refractivity contribution in [1.82, 2.24) is 19.7 Å². The number of hydrogen-bond donors (Lipinski definition) is 0. The Balaban J connectivity index is 1.27. The first-order chi connectivity index (χ1) is 13.3. The van der Waals surface area contributed by atoms with Crippen molar-refractivity contribution < 1.29 is 4.74 Å². The summed E-state index contributed by atoms with van der Waals surface area (Å²) < 4.78 is 7.09. The molecule has 0 unspecified atom stereocenters. The SMILES string of the molecule is O=c1ccc(-c2ccncc2)nn1CC1CN(c2nc3c(s2)COCC3)C1. The minimum Gasteiger partial charge on any atom is -0.375 e. The van der Waals surface area contributed by atoms with Crippen molar-refractivity contribution in [1.29, 1.82) is 0 Å². The molecule has 1 saturated heterocycles. The van der Waals surface area contributed by atoms with Crippen molar-refractivity contribution in [2.75, 3.05) is 24.6 Å². The number of anilines is 1. The van der Waals surface area contributed by atoms with E-state index in [9.17, 15) is 4.79 Å². The first-order valence-electron chi connectivity index (χ1n) is 9.06. The van der Waals surface area contributed by atoms with Gasteiger partial charge in [0.2, 0.25) is 0 Å². The Hall–Kier alpha value is -2.58. The molecule has 0 atom stereocenters. The van der Waals surface area contributed by atoms with Gasteiger partial charge in [-0.25, -0.2) is 9.67 Å². The molecule has 0 saturated carbocycles. The Morgan fingerprint density at radius 3 is 2.85 bits per heavy atom. The predicted molar refractivity (Wildman–Crippen MR) is 103 cm³/mol. The van der Waals surface area contributed by atoms with Crippen LogP contribution in [0.2, 0.25) is 0 Å². The molecule has 5 heterocycles. The average molecular weight is 381 g/mol. The molecule has 138 valence electrons. The van der Waals surface area contributed by atoms with E-state index in [1.165, 1.54) is 10.6 Å². The van der Waals surface area contributed by atoms with Crippen molar-refractivity contribution in [3.8, 4) is 11.3 Å². The maximum atomic E-state index is 12.2. The van der Waals surface area contributed by atoms with Crippen LogP contribution in [0.5, 0.6) is 0 Å². The van der Waals surface area contributed by atoms with E-state index in [0.29, 0.717) is 19.1 Å². The van der Waals surface area contributed by atoms with Crippen LogP contribution in [-0.2, 0) is 24.3 Å². The molecule has 3 aromatic rings. The molecule has 0 radical (unpaired) electrons. The predicted octanol–water partition coefficient (Wildman–Crippen LogP) is 1.97. The Labute approximate surface area is 160 Å². The highest BCUT2D eigenvalue weighted by Crippen LogP contribution is 2.33. The maximum absolute atomic E-state index is 12.2. The van der Waals surface area contributed by atoms with E-state index in [2.05, 4.69) is 15.0 Å². The van der Waals surface area contributed by atoms with Crippen molar-refractivity contribution >= 4 is 16.5 Å². The lowest BCUT2D eigenvalue weighted by Gasteiger charge is -2.39. The molecule has 0 aliphatic carbocycles. The third kappa shape index (κ3) is 3.26. The van der Waals surface area contributed by atoms with Gasteiger partial charge in [0.25, 0.3) is 5.56 Å². The molecule has 5 rings (SSSR count). The van der Waals surface area contributed by atoms with Crippen LogP contribution < -0.4 is 10.5 Å². The number of rotatable bonds is 4. The lowest BCUT2D eigenvalue weighted by molar-refractivity contribution is 0.112. The molecule has 0 spiro atoms. The average Bonchev–Trinajstić information content (AvgIpc) is 3.10. The van der Waals surface area contributed by atoms with Crippen molar-refractivity contribution in [3.05, 3.63) is 57.6 Å². The van der Waals surface area contributed by atoms with E-state index in [-0.39, 0.29) is 5.56 Å². The van der Waals surface area contributed by atoms with Gasteiger partial charge in [-0.2, -0.15) is 5.10 Å². The molecule has 7 nitrogen and oxygen atoms in total. The Bertz CT molecular complexity index is 987. The van der Waals surface area contributed by atoms with Crippen LogP contribution in [0.1, 0.15) is 10.6 Å². The van der Waals surface area contributed by atoms with Crippen molar-refractivity contribution in [3.63, 3.8) is 0 Å². The minimum atomic E-state index is -0.0619. The highest BCUT2D eigenvalue weighted by Gasteiger charge is 2.31. The van der Waals surface area contributed by atoms with Gasteiger partial charge in [0.15, 0.2) is 5.13 Å². The number of hydrogen-bond acceptors (Lipinski definition) is 7. The zero-order valence-corrected chi connectivity index (χ0v) is 15.6. The Morgan fingerprint density at radius 1 is 1.19 bits per heavy atom. The van der Waals surface area contributed by atoms with Crippen LogP contribution in [0.3, 0.4) is 0 Å². The first-order valence-corrected chi connectivity index (χ1v) is 9.88. The van der Waals surface area contributed by atoms with Gasteiger partial charge in [-0.05, 0) is 18.2 Å². The van der Waals surface area contributed by atoms with E-state index < -0.39 is 0 Å². The number of pyridine rings is 1. The second kappa shape index (κ2) is 6.86. The molecular formula is C19H19N5O2S. The number of nitrogens with zero attached hydrogens (tertiary/aromatic N) is 5. The van der Waals surface area contributed by atoms with Gasteiger partial charge in [-0.1, -0.05) is 11.3 Å². The third-order valence-corrected chi connectivity index (χ3v) is 6.12. The Kier molecular flexibility index (Phi) is 4.21. The fourth-order valence-corrected chi connectivity index (χ4v) is 4.55. The van der Waals surface area contributed by atoms with Gasteiger partial charge in [0.1, 0.15) is 0 Å². The molecule has 0 amide bonds.